The summed E-state index contributed by atoms with van der Waals surface area (Å²) in [6.07, 6.45) is -2.11. The van der Waals surface area contributed by atoms with E-state index in [1.807, 2.05) is 0 Å². The van der Waals surface area contributed by atoms with Crippen LogP contribution < -0.4 is 0 Å². The van der Waals surface area contributed by atoms with Crippen molar-refractivity contribution in [3.05, 3.63) is 24.0 Å². The Morgan fingerprint density at radius 1 is 1.47 bits per heavy atom. The van der Waals surface area contributed by atoms with Gasteiger partial charge in [-0.05, 0) is 18.6 Å². The molecule has 0 fully saturated rings. The number of alkyl halides is 4. The van der Waals surface area contributed by atoms with Crippen LogP contribution in [0.15, 0.2) is 24.0 Å². The first-order chi connectivity index (χ1) is 6.74. The van der Waals surface area contributed by atoms with Gasteiger partial charge in [0, 0.05) is 0 Å². The second-order valence-corrected chi connectivity index (χ2v) is 3.63. The second kappa shape index (κ2) is 4.07. The SMILES string of the molecule is OB(O)OC1=CC(Cl)(C(F)(F)F)CC=C1. The van der Waals surface area contributed by atoms with Crippen LogP contribution in [0.2, 0.25) is 0 Å². The van der Waals surface area contributed by atoms with E-state index in [1.54, 1.807) is 0 Å². The van der Waals surface area contributed by atoms with Gasteiger partial charge in [-0.25, -0.2) is 0 Å². The third-order valence-electron chi connectivity index (χ3n) is 1.78. The van der Waals surface area contributed by atoms with Crippen molar-refractivity contribution in [3.8, 4) is 0 Å². The van der Waals surface area contributed by atoms with Crippen molar-refractivity contribution < 1.29 is 27.9 Å². The molecule has 0 bridgehead atoms. The van der Waals surface area contributed by atoms with Crippen LogP contribution in [0.25, 0.3) is 0 Å². The van der Waals surface area contributed by atoms with E-state index >= 15 is 0 Å². The van der Waals surface area contributed by atoms with Gasteiger partial charge >= 0.3 is 13.5 Å². The van der Waals surface area contributed by atoms with Gasteiger partial charge in [-0.2, -0.15) is 13.2 Å². The van der Waals surface area contributed by atoms with E-state index in [1.165, 1.54) is 6.08 Å². The third-order valence-corrected chi connectivity index (χ3v) is 2.26. The van der Waals surface area contributed by atoms with Crippen LogP contribution in [-0.2, 0) is 4.65 Å². The van der Waals surface area contributed by atoms with Crippen molar-refractivity contribution in [2.24, 2.45) is 0 Å². The van der Waals surface area contributed by atoms with Gasteiger partial charge in [-0.1, -0.05) is 6.08 Å². The normalized spacial score (nSPS) is 26.1. The third kappa shape index (κ3) is 2.90. The Bertz CT molecular complexity index is 302. The molecule has 3 nitrogen and oxygen atoms in total. The number of rotatable bonds is 2. The first kappa shape index (κ1) is 12.4. The number of halogens is 4. The largest absolute Gasteiger partial charge is 0.707 e. The van der Waals surface area contributed by atoms with Crippen LogP contribution in [0.5, 0.6) is 0 Å². The Hall–Kier alpha value is -0.655. The van der Waals surface area contributed by atoms with E-state index in [0.29, 0.717) is 6.08 Å². The molecule has 1 aliphatic rings. The average molecular weight is 242 g/mol. The standard InChI is InChI=1S/C7H7BClF3O3/c9-6(7(10,11)12)3-1-2-5(4-6)15-8(13)14/h1-2,4,13-14H,3H2. The fourth-order valence-electron chi connectivity index (χ4n) is 1.07. The van der Waals surface area contributed by atoms with E-state index in [2.05, 4.69) is 4.65 Å². The van der Waals surface area contributed by atoms with Crippen LogP contribution in [0, 0.1) is 0 Å². The Balaban J connectivity index is 2.88. The molecule has 84 valence electrons. The maximum Gasteiger partial charge on any atom is 0.707 e. The van der Waals surface area contributed by atoms with Crippen molar-refractivity contribution >= 4 is 18.9 Å². The van der Waals surface area contributed by atoms with Gasteiger partial charge in [0.25, 0.3) is 0 Å². The van der Waals surface area contributed by atoms with Crippen molar-refractivity contribution in [1.29, 1.82) is 0 Å². The Morgan fingerprint density at radius 2 is 2.07 bits per heavy atom. The topological polar surface area (TPSA) is 49.7 Å². The van der Waals surface area contributed by atoms with Crippen molar-refractivity contribution in [3.63, 3.8) is 0 Å². The molecule has 1 unspecified atom stereocenters. The Morgan fingerprint density at radius 3 is 2.53 bits per heavy atom. The summed E-state index contributed by atoms with van der Waals surface area (Å²) in [5.41, 5.74) is 0. The highest BCUT2D eigenvalue weighted by atomic mass is 35.5. The summed E-state index contributed by atoms with van der Waals surface area (Å²) in [6, 6.07) is 0. The number of allylic oxidation sites excluding steroid dienone is 3. The zero-order chi connectivity index (χ0) is 11.7. The van der Waals surface area contributed by atoms with Gasteiger partial charge < -0.3 is 14.7 Å². The fourth-order valence-corrected chi connectivity index (χ4v) is 1.27. The summed E-state index contributed by atoms with van der Waals surface area (Å²) in [5, 5.41) is 16.8. The molecule has 0 saturated heterocycles. The van der Waals surface area contributed by atoms with Gasteiger partial charge in [-0.15, -0.1) is 11.6 Å². The molecule has 0 amide bonds. The molecule has 0 spiro atoms. The first-order valence-corrected chi connectivity index (χ1v) is 4.30. The van der Waals surface area contributed by atoms with Gasteiger partial charge in [0.2, 0.25) is 0 Å². The molecule has 1 atom stereocenters. The lowest BCUT2D eigenvalue weighted by Gasteiger charge is -2.28. The highest BCUT2D eigenvalue weighted by Crippen LogP contribution is 2.43. The van der Waals surface area contributed by atoms with Crippen molar-refractivity contribution in [2.45, 2.75) is 17.5 Å². The highest BCUT2D eigenvalue weighted by Gasteiger charge is 2.52. The maximum absolute atomic E-state index is 12.4. The lowest BCUT2D eigenvalue weighted by Crippen LogP contribution is -2.39. The highest BCUT2D eigenvalue weighted by molar-refractivity contribution is 6.33. The minimum Gasteiger partial charge on any atom is -0.512 e. The van der Waals surface area contributed by atoms with E-state index in [-0.39, 0.29) is 5.76 Å². The summed E-state index contributed by atoms with van der Waals surface area (Å²) >= 11 is 5.33. The molecule has 2 N–H and O–H groups in total. The Kier molecular flexibility index (Phi) is 3.37. The zero-order valence-corrected chi connectivity index (χ0v) is 8.09. The van der Waals surface area contributed by atoms with Crippen LogP contribution in [0.1, 0.15) is 6.42 Å². The summed E-state index contributed by atoms with van der Waals surface area (Å²) in [6.45, 7) is 0. The average Bonchev–Trinajstić information content (AvgIpc) is 2.00. The molecule has 0 aliphatic heterocycles. The van der Waals surface area contributed by atoms with Crippen LogP contribution in [0.3, 0.4) is 0 Å². The monoisotopic (exact) mass is 242 g/mol. The van der Waals surface area contributed by atoms with Gasteiger partial charge in [-0.3, -0.25) is 0 Å². The van der Waals surface area contributed by atoms with Crippen LogP contribution in [0.4, 0.5) is 13.2 Å². The maximum atomic E-state index is 12.4. The predicted molar refractivity (Wildman–Crippen MR) is 47.8 cm³/mol. The van der Waals surface area contributed by atoms with E-state index in [4.69, 9.17) is 21.6 Å². The van der Waals surface area contributed by atoms with Crippen LogP contribution >= 0.6 is 11.6 Å². The molecule has 1 rings (SSSR count). The summed E-state index contributed by atoms with van der Waals surface area (Å²) in [5.74, 6) is -0.330. The second-order valence-electron chi connectivity index (χ2n) is 2.96. The zero-order valence-electron chi connectivity index (χ0n) is 7.33. The molecular formula is C7H7BClF3O3. The van der Waals surface area contributed by atoms with E-state index in [0.717, 1.165) is 6.08 Å². The minimum absolute atomic E-state index is 0.330. The molecule has 0 aromatic rings. The van der Waals surface area contributed by atoms with Crippen LogP contribution in [-0.4, -0.2) is 28.4 Å². The molecule has 0 aromatic heterocycles. The molecule has 0 radical (unpaired) electrons. The van der Waals surface area contributed by atoms with Crippen molar-refractivity contribution in [1.82, 2.24) is 0 Å². The molecule has 8 heteroatoms. The number of hydrogen-bond donors (Lipinski definition) is 2. The quantitative estimate of drug-likeness (QED) is 0.568. The molecule has 1 aliphatic carbocycles. The molecular weight excluding hydrogens is 235 g/mol. The summed E-state index contributed by atoms with van der Waals surface area (Å²) in [4.78, 5) is -2.55. The molecule has 0 saturated carbocycles. The van der Waals surface area contributed by atoms with E-state index in [9.17, 15) is 13.2 Å². The van der Waals surface area contributed by atoms with Gasteiger partial charge in [0.1, 0.15) is 5.76 Å². The predicted octanol–water partition coefficient (Wildman–Crippen LogP) is 1.36. The number of hydrogen-bond acceptors (Lipinski definition) is 3. The lowest BCUT2D eigenvalue weighted by molar-refractivity contribution is -0.150. The summed E-state index contributed by atoms with van der Waals surface area (Å²) < 4.78 is 41.6. The molecule has 0 heterocycles. The Labute approximate surface area is 89.0 Å². The smallest absolute Gasteiger partial charge is 0.512 e. The summed E-state index contributed by atoms with van der Waals surface area (Å²) in [7, 11) is -2.17. The van der Waals surface area contributed by atoms with Gasteiger partial charge in [0.05, 0.1) is 0 Å². The van der Waals surface area contributed by atoms with E-state index < -0.39 is 24.8 Å². The van der Waals surface area contributed by atoms with Crippen molar-refractivity contribution in [2.75, 3.05) is 0 Å². The molecule has 0 aromatic carbocycles. The first-order valence-electron chi connectivity index (χ1n) is 3.92. The van der Waals surface area contributed by atoms with Gasteiger partial charge in [0.15, 0.2) is 4.87 Å². The molecule has 15 heavy (non-hydrogen) atoms. The lowest BCUT2D eigenvalue weighted by atomic mass is 9.98. The minimum atomic E-state index is -4.63. The fraction of sp³-hybridized carbons (Fsp3) is 0.429.